The topological polar surface area (TPSA) is 55.5 Å². The molecule has 2 heterocycles. The van der Waals surface area contributed by atoms with Crippen LogP contribution in [0.5, 0.6) is 0 Å². The first kappa shape index (κ1) is 18.9. The first-order valence-corrected chi connectivity index (χ1v) is 10.1. The maximum atomic E-state index is 13.6. The molecule has 0 fully saturated rings. The monoisotopic (exact) mass is 408 g/mol. The summed E-state index contributed by atoms with van der Waals surface area (Å²) in [6.45, 7) is 0.419. The average molecular weight is 408 g/mol. The minimum absolute atomic E-state index is 0.0228. The summed E-state index contributed by atoms with van der Waals surface area (Å²) in [5, 5.41) is 1.21. The molecule has 5 nitrogen and oxygen atoms in total. The number of rotatable bonds is 5. The number of hydrogen-bond donors (Lipinski definition) is 0. The van der Waals surface area contributed by atoms with Crippen LogP contribution in [0.15, 0.2) is 106 Å². The summed E-state index contributed by atoms with van der Waals surface area (Å²) in [7, 11) is 0. The summed E-state index contributed by atoms with van der Waals surface area (Å²) in [4.78, 5) is 28.3. The highest BCUT2D eigenvalue weighted by Crippen LogP contribution is 2.22. The Morgan fingerprint density at radius 2 is 1.39 bits per heavy atom. The lowest BCUT2D eigenvalue weighted by Crippen LogP contribution is -2.33. The van der Waals surface area contributed by atoms with E-state index in [1.54, 1.807) is 11.2 Å². The number of hydrogen-bond acceptors (Lipinski definition) is 3. The number of carbonyl (C=O) groups excluding carboxylic acids is 1. The second-order valence-electron chi connectivity index (χ2n) is 7.34. The Bertz CT molecular complexity index is 1360. The predicted molar refractivity (Wildman–Crippen MR) is 122 cm³/mol. The SMILES string of the molecule is O=C(Cn1c2ccccc2c(=O)c2ccccc21)N(Cc1ccco1)c1ccccc1. The zero-order valence-electron chi connectivity index (χ0n) is 16.8. The zero-order chi connectivity index (χ0) is 21.2. The molecule has 152 valence electrons. The number of amides is 1. The summed E-state index contributed by atoms with van der Waals surface area (Å²) in [6.07, 6.45) is 1.60. The third-order valence-electron chi connectivity index (χ3n) is 5.44. The molecular formula is C26H20N2O3. The molecule has 0 radical (unpaired) electrons. The van der Waals surface area contributed by atoms with E-state index in [1.165, 1.54) is 0 Å². The van der Waals surface area contributed by atoms with E-state index >= 15 is 0 Å². The highest BCUT2D eigenvalue weighted by Gasteiger charge is 2.20. The van der Waals surface area contributed by atoms with E-state index in [4.69, 9.17) is 4.42 Å². The fourth-order valence-corrected chi connectivity index (χ4v) is 3.96. The molecule has 0 aliphatic rings. The Kier molecular flexibility index (Phi) is 4.84. The third kappa shape index (κ3) is 3.51. The van der Waals surface area contributed by atoms with E-state index < -0.39 is 0 Å². The van der Waals surface area contributed by atoms with Crippen LogP contribution in [-0.2, 0) is 17.9 Å². The molecule has 0 saturated heterocycles. The van der Waals surface area contributed by atoms with Crippen molar-refractivity contribution in [2.45, 2.75) is 13.1 Å². The lowest BCUT2D eigenvalue weighted by molar-refractivity contribution is -0.119. The van der Waals surface area contributed by atoms with Crippen LogP contribution in [0.25, 0.3) is 21.8 Å². The first-order chi connectivity index (χ1) is 15.2. The zero-order valence-corrected chi connectivity index (χ0v) is 16.8. The second kappa shape index (κ2) is 7.95. The third-order valence-corrected chi connectivity index (χ3v) is 5.44. The summed E-state index contributed by atoms with van der Waals surface area (Å²) < 4.78 is 7.42. The molecule has 2 aromatic heterocycles. The summed E-state index contributed by atoms with van der Waals surface area (Å²) in [6, 6.07) is 28.0. The smallest absolute Gasteiger partial charge is 0.247 e. The van der Waals surface area contributed by atoms with Crippen molar-refractivity contribution >= 4 is 33.4 Å². The molecule has 5 rings (SSSR count). The van der Waals surface area contributed by atoms with Crippen molar-refractivity contribution in [3.05, 3.63) is 113 Å². The van der Waals surface area contributed by atoms with Crippen LogP contribution in [0, 0.1) is 0 Å². The summed E-state index contributed by atoms with van der Waals surface area (Å²) in [5.74, 6) is 0.605. The highest BCUT2D eigenvalue weighted by molar-refractivity contribution is 5.98. The first-order valence-electron chi connectivity index (χ1n) is 10.1. The van der Waals surface area contributed by atoms with E-state index in [9.17, 15) is 9.59 Å². The number of para-hydroxylation sites is 3. The molecule has 0 aliphatic carbocycles. The number of anilines is 1. The molecule has 5 heteroatoms. The standard InChI is InChI=1S/C26H20N2O3/c29-25(27(17-20-11-8-16-31-20)19-9-2-1-3-10-19)18-28-23-14-6-4-12-21(23)26(30)22-13-5-7-15-24(22)28/h1-16H,17-18H2. The molecule has 1 amide bonds. The molecule has 5 aromatic rings. The van der Waals surface area contributed by atoms with Gasteiger partial charge in [0.25, 0.3) is 0 Å². The van der Waals surface area contributed by atoms with Gasteiger partial charge >= 0.3 is 0 Å². The van der Waals surface area contributed by atoms with Crippen molar-refractivity contribution in [3.63, 3.8) is 0 Å². The molecule has 0 atom stereocenters. The van der Waals surface area contributed by atoms with Gasteiger partial charge in [-0.05, 0) is 48.5 Å². The quantitative estimate of drug-likeness (QED) is 0.385. The van der Waals surface area contributed by atoms with Crippen LogP contribution >= 0.6 is 0 Å². The van der Waals surface area contributed by atoms with Crippen molar-refractivity contribution in [1.29, 1.82) is 0 Å². The minimum Gasteiger partial charge on any atom is -0.467 e. The highest BCUT2D eigenvalue weighted by atomic mass is 16.3. The Hall–Kier alpha value is -4.12. The minimum atomic E-state index is -0.0958. The Labute approximate surface area is 178 Å². The largest absolute Gasteiger partial charge is 0.467 e. The van der Waals surface area contributed by atoms with Gasteiger partial charge in [0, 0.05) is 16.5 Å². The molecule has 0 aliphatic heterocycles. The number of furan rings is 1. The van der Waals surface area contributed by atoms with E-state index in [0.29, 0.717) is 23.1 Å². The van der Waals surface area contributed by atoms with Gasteiger partial charge in [-0.3, -0.25) is 9.59 Å². The Morgan fingerprint density at radius 1 is 0.774 bits per heavy atom. The Morgan fingerprint density at radius 3 is 2.00 bits per heavy atom. The number of nitrogens with zero attached hydrogens (tertiary/aromatic N) is 2. The maximum Gasteiger partial charge on any atom is 0.247 e. The molecule has 0 saturated carbocycles. The summed E-state index contributed by atoms with van der Waals surface area (Å²) >= 11 is 0. The van der Waals surface area contributed by atoms with Crippen LogP contribution in [-0.4, -0.2) is 10.5 Å². The fourth-order valence-electron chi connectivity index (χ4n) is 3.96. The van der Waals surface area contributed by atoms with Crippen LogP contribution < -0.4 is 10.3 Å². The molecule has 0 unspecified atom stereocenters. The van der Waals surface area contributed by atoms with Gasteiger partial charge in [0.05, 0.1) is 23.8 Å². The van der Waals surface area contributed by atoms with Gasteiger partial charge in [-0.2, -0.15) is 0 Å². The number of pyridine rings is 1. The van der Waals surface area contributed by atoms with Crippen molar-refractivity contribution in [2.75, 3.05) is 4.90 Å². The average Bonchev–Trinajstić information content (AvgIpc) is 3.34. The van der Waals surface area contributed by atoms with Crippen LogP contribution in [0.4, 0.5) is 5.69 Å². The predicted octanol–water partition coefficient (Wildman–Crippen LogP) is 4.98. The van der Waals surface area contributed by atoms with Gasteiger partial charge in [0.15, 0.2) is 5.43 Å². The molecule has 3 aromatic carbocycles. The lowest BCUT2D eigenvalue weighted by atomic mass is 10.1. The van der Waals surface area contributed by atoms with Crippen LogP contribution in [0.2, 0.25) is 0 Å². The molecule has 0 N–H and O–H groups in total. The fraction of sp³-hybridized carbons (Fsp3) is 0.0769. The van der Waals surface area contributed by atoms with E-state index in [2.05, 4.69) is 0 Å². The number of fused-ring (bicyclic) bond motifs is 2. The molecular weight excluding hydrogens is 388 g/mol. The van der Waals surface area contributed by atoms with Gasteiger partial charge in [-0.1, -0.05) is 42.5 Å². The van der Waals surface area contributed by atoms with Crippen molar-refractivity contribution < 1.29 is 9.21 Å². The van der Waals surface area contributed by atoms with Crippen LogP contribution in [0.3, 0.4) is 0 Å². The van der Waals surface area contributed by atoms with Gasteiger partial charge in [0.2, 0.25) is 5.91 Å². The maximum absolute atomic E-state index is 13.6. The summed E-state index contributed by atoms with van der Waals surface area (Å²) in [5.41, 5.74) is 2.25. The van der Waals surface area contributed by atoms with E-state index in [-0.39, 0.29) is 17.9 Å². The lowest BCUT2D eigenvalue weighted by Gasteiger charge is -2.24. The van der Waals surface area contributed by atoms with Crippen molar-refractivity contribution in [1.82, 2.24) is 4.57 Å². The van der Waals surface area contributed by atoms with Gasteiger partial charge in [-0.15, -0.1) is 0 Å². The van der Waals surface area contributed by atoms with Crippen molar-refractivity contribution in [2.24, 2.45) is 0 Å². The molecule has 31 heavy (non-hydrogen) atoms. The second-order valence-corrected chi connectivity index (χ2v) is 7.34. The normalized spacial score (nSPS) is 11.1. The van der Waals surface area contributed by atoms with Crippen molar-refractivity contribution in [3.8, 4) is 0 Å². The van der Waals surface area contributed by atoms with Gasteiger partial charge < -0.3 is 13.9 Å². The van der Waals surface area contributed by atoms with E-state index in [1.807, 2.05) is 95.6 Å². The Balaban J connectivity index is 1.62. The van der Waals surface area contributed by atoms with Crippen LogP contribution in [0.1, 0.15) is 5.76 Å². The van der Waals surface area contributed by atoms with Gasteiger partial charge in [-0.25, -0.2) is 0 Å². The molecule has 0 spiro atoms. The number of carbonyl (C=O) groups is 1. The number of benzene rings is 3. The van der Waals surface area contributed by atoms with E-state index in [0.717, 1.165) is 16.7 Å². The number of aromatic nitrogens is 1. The molecule has 0 bridgehead atoms. The van der Waals surface area contributed by atoms with Gasteiger partial charge in [0.1, 0.15) is 12.3 Å².